The first-order valence-electron chi connectivity index (χ1n) is 7.51. The highest BCUT2D eigenvalue weighted by atomic mass is 14.8. The fourth-order valence-electron chi connectivity index (χ4n) is 3.11. The second-order valence-electron chi connectivity index (χ2n) is 5.71. The van der Waals surface area contributed by atoms with Crippen LogP contribution in [0.1, 0.15) is 5.56 Å². The van der Waals surface area contributed by atoms with Crippen LogP contribution in [-0.4, -0.2) is 19.9 Å². The van der Waals surface area contributed by atoms with Gasteiger partial charge in [0, 0.05) is 23.2 Å². The molecule has 3 heterocycles. The van der Waals surface area contributed by atoms with Gasteiger partial charge in [0.2, 0.25) is 0 Å². The van der Waals surface area contributed by atoms with Crippen LogP contribution in [-0.2, 0) is 0 Å². The van der Waals surface area contributed by atoms with Gasteiger partial charge >= 0.3 is 0 Å². The summed E-state index contributed by atoms with van der Waals surface area (Å²) in [5, 5.41) is 1.98. The van der Waals surface area contributed by atoms with Gasteiger partial charge in [0.05, 0.1) is 33.1 Å². The molecule has 0 atom stereocenters. The molecule has 108 valence electrons. The number of aryl methyl sites for hydroxylation is 1. The SMILES string of the molecule is Cc1ccc2nc3c4cccnc4c4ncccc4c3nc2c1. The molecule has 0 radical (unpaired) electrons. The summed E-state index contributed by atoms with van der Waals surface area (Å²) >= 11 is 0. The molecule has 0 aliphatic carbocycles. The van der Waals surface area contributed by atoms with Crippen molar-refractivity contribution in [2.45, 2.75) is 6.92 Å². The lowest BCUT2D eigenvalue weighted by atomic mass is 10.1. The highest BCUT2D eigenvalue weighted by Gasteiger charge is 2.13. The second kappa shape index (κ2) is 4.43. The number of hydrogen-bond donors (Lipinski definition) is 0. The van der Waals surface area contributed by atoms with Crippen molar-refractivity contribution in [3.63, 3.8) is 0 Å². The van der Waals surface area contributed by atoms with E-state index in [0.29, 0.717) is 0 Å². The van der Waals surface area contributed by atoms with Gasteiger partial charge in [-0.15, -0.1) is 0 Å². The molecule has 4 nitrogen and oxygen atoms in total. The van der Waals surface area contributed by atoms with Gasteiger partial charge in [0.25, 0.3) is 0 Å². The Labute approximate surface area is 131 Å². The minimum atomic E-state index is 0.872. The van der Waals surface area contributed by atoms with E-state index in [9.17, 15) is 0 Å². The van der Waals surface area contributed by atoms with Crippen LogP contribution in [0.3, 0.4) is 0 Å². The minimum absolute atomic E-state index is 0.872. The van der Waals surface area contributed by atoms with E-state index in [2.05, 4.69) is 29.0 Å². The predicted molar refractivity (Wildman–Crippen MR) is 92.4 cm³/mol. The fourth-order valence-corrected chi connectivity index (χ4v) is 3.11. The molecule has 0 amide bonds. The van der Waals surface area contributed by atoms with Gasteiger partial charge in [-0.1, -0.05) is 6.07 Å². The molecule has 2 aromatic carbocycles. The first-order chi connectivity index (χ1) is 11.3. The Hall–Kier alpha value is -3.14. The van der Waals surface area contributed by atoms with Crippen LogP contribution in [0.25, 0.3) is 43.9 Å². The van der Waals surface area contributed by atoms with E-state index in [0.717, 1.165) is 43.9 Å². The zero-order valence-electron chi connectivity index (χ0n) is 12.5. The first kappa shape index (κ1) is 12.4. The fraction of sp³-hybridized carbons (Fsp3) is 0.0526. The van der Waals surface area contributed by atoms with Crippen molar-refractivity contribution in [1.82, 2.24) is 19.9 Å². The zero-order chi connectivity index (χ0) is 15.4. The highest BCUT2D eigenvalue weighted by molar-refractivity contribution is 6.21. The number of fused-ring (bicyclic) bond motifs is 7. The monoisotopic (exact) mass is 296 g/mol. The summed E-state index contributed by atoms with van der Waals surface area (Å²) < 4.78 is 0. The van der Waals surface area contributed by atoms with E-state index in [1.807, 2.05) is 30.3 Å². The molecule has 0 saturated carbocycles. The molecule has 0 aliphatic heterocycles. The van der Waals surface area contributed by atoms with Gasteiger partial charge in [0.15, 0.2) is 0 Å². The summed E-state index contributed by atoms with van der Waals surface area (Å²) in [6.45, 7) is 2.06. The van der Waals surface area contributed by atoms with Gasteiger partial charge in [-0.25, -0.2) is 9.97 Å². The maximum absolute atomic E-state index is 4.89. The summed E-state index contributed by atoms with van der Waals surface area (Å²) in [5.74, 6) is 0. The normalized spacial score (nSPS) is 11.7. The van der Waals surface area contributed by atoms with Crippen LogP contribution in [0.5, 0.6) is 0 Å². The third-order valence-electron chi connectivity index (χ3n) is 4.17. The topological polar surface area (TPSA) is 51.6 Å². The summed E-state index contributed by atoms with van der Waals surface area (Å²) in [6, 6.07) is 14.1. The van der Waals surface area contributed by atoms with Gasteiger partial charge < -0.3 is 0 Å². The number of nitrogens with zero attached hydrogens (tertiary/aromatic N) is 4. The van der Waals surface area contributed by atoms with E-state index in [4.69, 9.17) is 9.97 Å². The lowest BCUT2D eigenvalue weighted by Crippen LogP contribution is -1.93. The third-order valence-corrected chi connectivity index (χ3v) is 4.17. The molecule has 0 bridgehead atoms. The molecule has 0 spiro atoms. The van der Waals surface area contributed by atoms with Crippen molar-refractivity contribution in [1.29, 1.82) is 0 Å². The Kier molecular flexibility index (Phi) is 2.39. The minimum Gasteiger partial charge on any atom is -0.254 e. The number of aromatic nitrogens is 4. The molecule has 5 aromatic rings. The van der Waals surface area contributed by atoms with E-state index in [1.165, 1.54) is 5.56 Å². The lowest BCUT2D eigenvalue weighted by molar-refractivity contribution is 1.35. The molecule has 3 aromatic heterocycles. The summed E-state index contributed by atoms with van der Waals surface area (Å²) in [4.78, 5) is 18.8. The summed E-state index contributed by atoms with van der Waals surface area (Å²) in [6.07, 6.45) is 3.58. The van der Waals surface area contributed by atoms with Gasteiger partial charge in [-0.05, 0) is 48.9 Å². The van der Waals surface area contributed by atoms with Gasteiger partial charge in [-0.2, -0.15) is 0 Å². The summed E-state index contributed by atoms with van der Waals surface area (Å²) in [5.41, 5.74) is 6.49. The van der Waals surface area contributed by atoms with Crippen molar-refractivity contribution < 1.29 is 0 Å². The maximum Gasteiger partial charge on any atom is 0.0996 e. The van der Waals surface area contributed by atoms with Crippen LogP contribution in [0.2, 0.25) is 0 Å². The Balaban J connectivity index is 2.14. The number of hydrogen-bond acceptors (Lipinski definition) is 4. The Morgan fingerprint density at radius 1 is 0.652 bits per heavy atom. The standard InChI is InChI=1S/C19H12N4/c1-11-6-7-14-15(10-11)23-19-13-5-3-9-21-17(13)16-12(18(19)22-14)4-2-8-20-16/h2-10H,1H3. The third kappa shape index (κ3) is 1.72. The summed E-state index contributed by atoms with van der Waals surface area (Å²) in [7, 11) is 0. The number of pyridine rings is 2. The Bertz CT molecular complexity index is 1230. The van der Waals surface area contributed by atoms with Crippen LogP contribution < -0.4 is 0 Å². The van der Waals surface area contributed by atoms with Crippen molar-refractivity contribution >= 4 is 43.9 Å². The van der Waals surface area contributed by atoms with E-state index < -0.39 is 0 Å². The predicted octanol–water partition coefficient (Wildman–Crippen LogP) is 4.19. The van der Waals surface area contributed by atoms with E-state index in [1.54, 1.807) is 12.4 Å². The molecule has 23 heavy (non-hydrogen) atoms. The van der Waals surface area contributed by atoms with Crippen LogP contribution in [0, 0.1) is 6.92 Å². The van der Waals surface area contributed by atoms with Crippen LogP contribution in [0.15, 0.2) is 54.9 Å². The van der Waals surface area contributed by atoms with Gasteiger partial charge in [-0.3, -0.25) is 9.97 Å². The highest BCUT2D eigenvalue weighted by Crippen LogP contribution is 2.31. The van der Waals surface area contributed by atoms with Crippen LogP contribution >= 0.6 is 0 Å². The van der Waals surface area contributed by atoms with E-state index in [-0.39, 0.29) is 0 Å². The van der Waals surface area contributed by atoms with Crippen molar-refractivity contribution in [2.24, 2.45) is 0 Å². The van der Waals surface area contributed by atoms with Crippen molar-refractivity contribution in [2.75, 3.05) is 0 Å². The van der Waals surface area contributed by atoms with Crippen molar-refractivity contribution in [3.8, 4) is 0 Å². The molecule has 5 rings (SSSR count). The smallest absolute Gasteiger partial charge is 0.0996 e. The molecule has 0 aliphatic rings. The number of rotatable bonds is 0. The Morgan fingerprint density at radius 2 is 1.26 bits per heavy atom. The average molecular weight is 296 g/mol. The molecule has 4 heteroatoms. The molecular formula is C19H12N4. The van der Waals surface area contributed by atoms with E-state index >= 15 is 0 Å². The van der Waals surface area contributed by atoms with Gasteiger partial charge in [0.1, 0.15) is 0 Å². The first-order valence-corrected chi connectivity index (χ1v) is 7.51. The van der Waals surface area contributed by atoms with Crippen molar-refractivity contribution in [3.05, 3.63) is 60.4 Å². The largest absolute Gasteiger partial charge is 0.254 e. The quantitative estimate of drug-likeness (QED) is 0.317. The Morgan fingerprint density at radius 3 is 1.91 bits per heavy atom. The molecular weight excluding hydrogens is 284 g/mol. The maximum atomic E-state index is 4.89. The second-order valence-corrected chi connectivity index (χ2v) is 5.71. The number of benzene rings is 2. The lowest BCUT2D eigenvalue weighted by Gasteiger charge is -2.08. The average Bonchev–Trinajstić information content (AvgIpc) is 2.60. The van der Waals surface area contributed by atoms with Crippen LogP contribution in [0.4, 0.5) is 0 Å². The molecule has 0 saturated heterocycles. The molecule has 0 N–H and O–H groups in total. The molecule has 0 unspecified atom stereocenters. The zero-order valence-corrected chi connectivity index (χ0v) is 12.5. The molecule has 0 fully saturated rings.